The zero-order valence-electron chi connectivity index (χ0n) is 96.4. The molecule has 0 aliphatic heterocycles. The Labute approximate surface area is 650 Å². The van der Waals surface area contributed by atoms with Crippen molar-refractivity contribution in [2.75, 3.05) is 0 Å². The molecule has 1 atom stereocenters. The number of aryl methyl sites for hydroxylation is 6. The molecule has 3 aliphatic rings. The summed E-state index contributed by atoms with van der Waals surface area (Å²) < 4.78 is 363. The lowest BCUT2D eigenvalue weighted by Gasteiger charge is -2.28. The number of pyridine rings is 6. The molecule has 9 heteroatoms. The van der Waals surface area contributed by atoms with Crippen LogP contribution in [-0.2, 0) is 37.4 Å². The third kappa shape index (κ3) is 9.98. The van der Waals surface area contributed by atoms with Gasteiger partial charge < -0.3 is 13.3 Å². The van der Waals surface area contributed by atoms with Gasteiger partial charge in [-0.25, -0.2) is 23.7 Å². The maximum atomic E-state index is 9.02. The van der Waals surface area contributed by atoms with Crippen molar-refractivity contribution in [2.24, 2.45) is 21.1 Å². The second-order valence-electron chi connectivity index (χ2n) is 26.1. The van der Waals surface area contributed by atoms with E-state index >= 15 is 0 Å². The van der Waals surface area contributed by atoms with Crippen LogP contribution in [0, 0.1) is 20.8 Å². The molecule has 6 aromatic carbocycles. The molecular weight excluding hydrogens is 1240 g/mol. The van der Waals surface area contributed by atoms with Crippen molar-refractivity contribution in [1.82, 2.24) is 15.0 Å². The Hall–Kier alpha value is -10.4. The Balaban J connectivity index is 0.000000153. The summed E-state index contributed by atoms with van der Waals surface area (Å²) in [6.07, 6.45) is 1.87. The molecule has 504 valence electrons. The van der Waals surface area contributed by atoms with Gasteiger partial charge in [0, 0.05) is 164 Å². The van der Waals surface area contributed by atoms with Crippen molar-refractivity contribution in [3.05, 3.63) is 250 Å². The van der Waals surface area contributed by atoms with E-state index in [1.807, 2.05) is 12.1 Å². The summed E-state index contributed by atoms with van der Waals surface area (Å²) >= 11 is 0. The van der Waals surface area contributed by atoms with Crippen molar-refractivity contribution >= 4 is 66.1 Å². The number of rotatable bonds is 8. The first-order valence-electron chi connectivity index (χ1n) is 52.8. The molecule has 9 aromatic heterocycles. The van der Waals surface area contributed by atoms with Crippen LogP contribution in [0.25, 0.3) is 133 Å². The molecule has 0 spiro atoms. The molecule has 0 saturated carbocycles. The first kappa shape index (κ1) is 33.9. The summed E-state index contributed by atoms with van der Waals surface area (Å²) in [5, 5.41) is 3.25. The summed E-state index contributed by atoms with van der Waals surface area (Å²) in [5.74, 6) is -8.81. The fourth-order valence-corrected chi connectivity index (χ4v) is 14.9. The van der Waals surface area contributed by atoms with Crippen LogP contribution in [0.2, 0.25) is 0 Å². The first-order chi connectivity index (χ1) is 64.9. The second kappa shape index (κ2) is 23.9. The minimum absolute atomic E-state index is 0.00455. The van der Waals surface area contributed by atoms with E-state index in [0.717, 1.165) is 0 Å². The molecule has 1 unspecified atom stereocenters. The highest BCUT2D eigenvalue weighted by atomic mass is 16.3. The van der Waals surface area contributed by atoms with E-state index in [2.05, 4.69) is 9.97 Å². The summed E-state index contributed by atoms with van der Waals surface area (Å²) in [7, 11) is 5.04. The smallest absolute Gasteiger partial charge is 0.227 e. The fourth-order valence-electron chi connectivity index (χ4n) is 14.9. The van der Waals surface area contributed by atoms with Crippen LogP contribution in [0.3, 0.4) is 0 Å². The van der Waals surface area contributed by atoms with E-state index in [4.69, 9.17) is 74.4 Å². The number of benzene rings is 6. The van der Waals surface area contributed by atoms with Gasteiger partial charge in [0.1, 0.15) is 32.3 Å². The number of fused-ring (bicyclic) bond motifs is 18. The number of aromatic nitrogens is 6. The van der Waals surface area contributed by atoms with Crippen molar-refractivity contribution in [2.45, 2.75) is 150 Å². The molecule has 0 amide bonds. The molecule has 0 N–H and O–H groups in total. The average Bonchev–Trinajstić information content (AvgIpc) is 1.52. The highest BCUT2D eigenvalue weighted by Crippen LogP contribution is 2.55. The van der Waals surface area contributed by atoms with Gasteiger partial charge in [-0.2, -0.15) is 0 Å². The summed E-state index contributed by atoms with van der Waals surface area (Å²) in [4.78, 5) is 13.7. The predicted molar refractivity (Wildman–Crippen MR) is 413 cm³/mol. The van der Waals surface area contributed by atoms with Crippen LogP contribution in [0.15, 0.2) is 196 Å². The zero-order chi connectivity index (χ0) is 105. The van der Waals surface area contributed by atoms with E-state index in [1.54, 1.807) is 147 Å². The lowest BCUT2D eigenvalue weighted by atomic mass is 9.76. The van der Waals surface area contributed by atoms with Crippen molar-refractivity contribution in [3.8, 4) is 67.2 Å². The molecule has 9 nitrogen and oxygen atoms in total. The van der Waals surface area contributed by atoms with Crippen LogP contribution in [0.4, 0.5) is 0 Å². The van der Waals surface area contributed by atoms with Crippen LogP contribution in [0.5, 0.6) is 0 Å². The van der Waals surface area contributed by atoms with Gasteiger partial charge in [-0.05, 0) is 148 Å². The SMILES string of the molecule is [2H]C([2H])([2H])C([2H])(c1cc[n+](C)c(-c2c(C)ccc3c2oc2cc4c(cc23)-c2cccnc2C4(C([2H])([2H])[2H])C([2H])([2H])[2H])c1)C([2H])([2H])[2H].[2H]C([2H])([2H])C([2H])(c1cc[n+](C)c(-c2c(C)ccc3c2oc2nc4c(cc23)-c2ccccc2C4(C([2H])([2H])[2H])C([2H])([2H])[2H])c1)C([2H])([2H])[2H].[2H]C([2H])([2H])CC1(C([2H])([2H])C([2H])([2H])[2H])c2ccccc2-c2cc3c(nc21)oc1c(-c2cc(C([2H])(C([2H])([2H])[2H])C([2H])([2H])[2H])cc[n+]2C)c(C)ccc13. The zero-order valence-corrected chi connectivity index (χ0v) is 55.4. The largest absolute Gasteiger partial charge is 0.455 e. The Kier molecular flexibility index (Phi) is 8.01. The Morgan fingerprint density at radius 2 is 0.881 bits per heavy atom. The molecule has 9 heterocycles. The van der Waals surface area contributed by atoms with Crippen LogP contribution in [-0.4, -0.2) is 15.0 Å². The molecule has 3 aliphatic carbocycles. The Bertz CT molecular complexity index is 7330. The highest BCUT2D eigenvalue weighted by molar-refractivity contribution is 6.13. The monoisotopic (exact) mass is 1370 g/mol. The summed E-state index contributed by atoms with van der Waals surface area (Å²) in [5.41, 5.74) is 0.363. The normalized spacial score (nSPS) is 23.1. The third-order valence-corrected chi connectivity index (χ3v) is 20.2. The lowest BCUT2D eigenvalue weighted by Crippen LogP contribution is -2.31. The molecule has 0 saturated heterocycles. The van der Waals surface area contributed by atoms with E-state index in [1.165, 1.54) is 79.4 Å². The molecule has 0 bridgehead atoms. The molecule has 101 heavy (non-hydrogen) atoms. The van der Waals surface area contributed by atoms with Gasteiger partial charge >= 0.3 is 0 Å². The van der Waals surface area contributed by atoms with E-state index in [-0.39, 0.29) is 73.1 Å². The summed E-state index contributed by atoms with van der Waals surface area (Å²) in [6, 6.07) is 41.6. The van der Waals surface area contributed by atoms with Gasteiger partial charge in [0.25, 0.3) is 0 Å². The lowest BCUT2D eigenvalue weighted by molar-refractivity contribution is -0.660. The standard InChI is InChI=1S/C32H33N2O.2C30H29N2O/c1-7-32(8-2)26-12-10-9-11-22(26)24-18-25-23-14-13-20(5)28(29(23)35-31(25)33-30(24)32)27-17-21(19(3)4)15-16-34(27)6;1-17(2)19-11-13-32(6)25(14-19)27-18(3)9-10-20-23-15-22-21-8-7-12-31-29(21)30(4,5)24(22)16-26(23)33-28(20)27;1-17(2)19-13-14-32(6)25(15-19)26-18(3)11-12-21-23-16-22-20-9-7-8-10-24(20)30(4,5)28(22)31-29(23)33-27(21)26/h9-19H,7-8H2,1-6H3;2*7-17H,1-6H3/q3*+1/i1D3,2D3,3D3,4D3,7D2,19D;2*1D3,2D3,4D3,5D3,17D. The highest BCUT2D eigenvalue weighted by Gasteiger charge is 2.44. The Morgan fingerprint density at radius 1 is 0.426 bits per heavy atom. The van der Waals surface area contributed by atoms with Crippen molar-refractivity contribution in [1.29, 1.82) is 0 Å². The number of hydrogen-bond donors (Lipinski definition) is 0. The molecule has 18 rings (SSSR count). The molecule has 15 aromatic rings. The molecule has 0 radical (unpaired) electrons. The minimum atomic E-state index is -3.25. The van der Waals surface area contributed by atoms with Gasteiger partial charge in [-0.15, -0.1) is 0 Å². The van der Waals surface area contributed by atoms with E-state index in [0.29, 0.717) is 127 Å². The number of furan rings is 3. The van der Waals surface area contributed by atoms with Crippen LogP contribution < -0.4 is 13.7 Å². The van der Waals surface area contributed by atoms with Gasteiger partial charge in [-0.1, -0.05) is 173 Å². The Morgan fingerprint density at radius 3 is 1.40 bits per heavy atom. The first-order valence-corrected chi connectivity index (χ1v) is 32.3. The van der Waals surface area contributed by atoms with Crippen LogP contribution >= 0.6 is 0 Å². The number of hydrogen-bond acceptors (Lipinski definition) is 6. The quantitative estimate of drug-likeness (QED) is 0.141. The molecule has 0 fully saturated rings. The number of nitrogens with zero attached hydrogens (tertiary/aromatic N) is 6. The van der Waals surface area contributed by atoms with E-state index in [9.17, 15) is 0 Å². The summed E-state index contributed by atoms with van der Waals surface area (Å²) in [6.45, 7) is -31.8. The van der Waals surface area contributed by atoms with E-state index < -0.39 is 129 Å². The average molecular weight is 1370 g/mol. The van der Waals surface area contributed by atoms with Crippen molar-refractivity contribution < 1.29 is 83.2 Å². The minimum Gasteiger partial charge on any atom is -0.455 e. The maximum absolute atomic E-state index is 9.02. The predicted octanol–water partition coefficient (Wildman–Crippen LogP) is 22.4. The fraction of sp³-hybridized carbons (Fsp3) is 0.283. The molecular formula is C92H91N6O3+3. The van der Waals surface area contributed by atoms with Crippen molar-refractivity contribution in [3.63, 3.8) is 0 Å². The maximum Gasteiger partial charge on any atom is 0.227 e. The van der Waals surface area contributed by atoms with Gasteiger partial charge in [0.2, 0.25) is 28.5 Å². The van der Waals surface area contributed by atoms with Crippen LogP contribution in [0.1, 0.15) is 236 Å². The van der Waals surface area contributed by atoms with Gasteiger partial charge in [-0.3, -0.25) is 4.98 Å². The van der Waals surface area contributed by atoms with Gasteiger partial charge in [0.05, 0.1) is 33.8 Å². The second-order valence-corrected chi connectivity index (χ2v) is 26.1. The third-order valence-electron chi connectivity index (χ3n) is 20.2. The topological polar surface area (TPSA) is 89.7 Å². The van der Waals surface area contributed by atoms with Gasteiger partial charge in [0.15, 0.2) is 29.8 Å².